The maximum Gasteiger partial charge on any atom is 0.295 e. The molecule has 3 rings (SSSR count). The molecule has 23 heavy (non-hydrogen) atoms. The summed E-state index contributed by atoms with van der Waals surface area (Å²) >= 11 is 0. The number of hydrogen-bond donors (Lipinski definition) is 1. The van der Waals surface area contributed by atoms with Crippen molar-refractivity contribution in [3.63, 3.8) is 0 Å². The number of nitro groups is 1. The van der Waals surface area contributed by atoms with Gasteiger partial charge in [-0.15, -0.1) is 0 Å². The van der Waals surface area contributed by atoms with Crippen molar-refractivity contribution < 1.29 is 14.4 Å². The molecule has 1 aliphatic rings. The van der Waals surface area contributed by atoms with Crippen LogP contribution in [-0.4, -0.2) is 53.6 Å². The number of benzene rings is 1. The minimum Gasteiger partial charge on any atom is -0.382 e. The Bertz CT molecular complexity index is 727. The Morgan fingerprint density at radius 3 is 3.04 bits per heavy atom. The number of non-ortho nitro benzene ring substituents is 1. The predicted octanol–water partition coefficient (Wildman–Crippen LogP) is 2.10. The molecule has 1 aromatic heterocycles. The molecule has 2 heterocycles. The molecular formula is C15H20N4O4. The number of nitrogens with zero attached hydrogens (tertiary/aromatic N) is 3. The largest absolute Gasteiger partial charge is 0.382 e. The Balaban J connectivity index is 2.01. The molecule has 0 saturated carbocycles. The quantitative estimate of drug-likeness (QED) is 0.685. The van der Waals surface area contributed by atoms with E-state index in [-0.39, 0.29) is 17.4 Å². The van der Waals surface area contributed by atoms with Crippen molar-refractivity contribution in [2.45, 2.75) is 25.6 Å². The standard InChI is InChI=1S/C15H20N4O4/c1-15(2)9-18(7-10(23-15)8-22-3)12-4-5-13(19(20)21)14-11(12)6-16-17-14/h4-6,10H,7-9H2,1-3H3,(H,16,17)/t10-/m1/s1. The number of rotatable bonds is 4. The summed E-state index contributed by atoms with van der Waals surface area (Å²) in [5.41, 5.74) is 1.05. The zero-order valence-electron chi connectivity index (χ0n) is 13.4. The number of H-pyrrole nitrogens is 1. The predicted molar refractivity (Wildman–Crippen MR) is 85.8 cm³/mol. The maximum absolute atomic E-state index is 11.1. The molecule has 1 aliphatic heterocycles. The fourth-order valence-electron chi connectivity index (χ4n) is 3.19. The molecule has 1 aromatic carbocycles. The summed E-state index contributed by atoms with van der Waals surface area (Å²) in [6.45, 7) is 5.90. The first kappa shape index (κ1) is 15.7. The number of fused-ring (bicyclic) bond motifs is 1. The van der Waals surface area contributed by atoms with Crippen molar-refractivity contribution in [2.24, 2.45) is 0 Å². The molecular weight excluding hydrogens is 300 g/mol. The molecule has 124 valence electrons. The molecule has 2 aromatic rings. The van der Waals surface area contributed by atoms with E-state index >= 15 is 0 Å². The van der Waals surface area contributed by atoms with Gasteiger partial charge in [0.05, 0.1) is 34.8 Å². The smallest absolute Gasteiger partial charge is 0.295 e. The number of anilines is 1. The SMILES string of the molecule is COC[C@H]1CN(c2ccc([N+](=O)[O-])c3[nH]ncc23)CC(C)(C)O1. The van der Waals surface area contributed by atoms with Gasteiger partial charge in [0.1, 0.15) is 5.52 Å². The molecule has 0 aliphatic carbocycles. The third-order valence-corrected chi connectivity index (χ3v) is 3.94. The van der Waals surface area contributed by atoms with Crippen LogP contribution in [0.1, 0.15) is 13.8 Å². The van der Waals surface area contributed by atoms with Gasteiger partial charge in [-0.2, -0.15) is 5.10 Å². The van der Waals surface area contributed by atoms with Crippen molar-refractivity contribution in [1.29, 1.82) is 0 Å². The number of hydrogen-bond acceptors (Lipinski definition) is 6. The lowest BCUT2D eigenvalue weighted by atomic mass is 10.0. The number of methoxy groups -OCH3 is 1. The minimum absolute atomic E-state index is 0.0298. The van der Waals surface area contributed by atoms with Crippen LogP contribution in [0.25, 0.3) is 10.9 Å². The van der Waals surface area contributed by atoms with E-state index in [1.807, 2.05) is 13.8 Å². The van der Waals surface area contributed by atoms with Crippen molar-refractivity contribution in [3.8, 4) is 0 Å². The van der Waals surface area contributed by atoms with E-state index < -0.39 is 4.92 Å². The van der Waals surface area contributed by atoms with Crippen LogP contribution < -0.4 is 4.90 Å². The van der Waals surface area contributed by atoms with Gasteiger partial charge in [0, 0.05) is 32.0 Å². The molecule has 1 saturated heterocycles. The first-order valence-electron chi connectivity index (χ1n) is 7.43. The lowest BCUT2D eigenvalue weighted by Gasteiger charge is -2.43. The molecule has 0 bridgehead atoms. The van der Waals surface area contributed by atoms with Crippen molar-refractivity contribution in [2.75, 3.05) is 31.7 Å². The molecule has 1 atom stereocenters. The second-order valence-electron chi connectivity index (χ2n) is 6.36. The van der Waals surface area contributed by atoms with Gasteiger partial charge in [-0.05, 0) is 19.9 Å². The molecule has 1 N–H and O–H groups in total. The normalized spacial score (nSPS) is 20.8. The van der Waals surface area contributed by atoms with E-state index in [1.54, 1.807) is 19.4 Å². The van der Waals surface area contributed by atoms with E-state index in [9.17, 15) is 10.1 Å². The van der Waals surface area contributed by atoms with Crippen molar-refractivity contribution in [3.05, 3.63) is 28.4 Å². The van der Waals surface area contributed by atoms with Crippen LogP contribution in [0.5, 0.6) is 0 Å². The minimum atomic E-state index is -0.402. The number of nitro benzene ring substituents is 1. The second-order valence-corrected chi connectivity index (χ2v) is 6.36. The van der Waals surface area contributed by atoms with Crippen LogP contribution in [0.4, 0.5) is 11.4 Å². The summed E-state index contributed by atoms with van der Waals surface area (Å²) in [4.78, 5) is 12.9. The van der Waals surface area contributed by atoms with Crippen LogP contribution in [0.2, 0.25) is 0 Å². The van der Waals surface area contributed by atoms with Gasteiger partial charge in [-0.3, -0.25) is 15.2 Å². The lowest BCUT2D eigenvalue weighted by Crippen LogP contribution is -2.54. The van der Waals surface area contributed by atoms with Gasteiger partial charge in [0.15, 0.2) is 0 Å². The number of nitrogens with one attached hydrogen (secondary N) is 1. The number of ether oxygens (including phenoxy) is 2. The first-order valence-corrected chi connectivity index (χ1v) is 7.43. The van der Waals surface area contributed by atoms with Gasteiger partial charge >= 0.3 is 0 Å². The lowest BCUT2D eigenvalue weighted by molar-refractivity contribution is -0.383. The summed E-state index contributed by atoms with van der Waals surface area (Å²) < 4.78 is 11.2. The monoisotopic (exact) mass is 320 g/mol. The molecule has 8 heteroatoms. The van der Waals surface area contributed by atoms with Gasteiger partial charge in [0.2, 0.25) is 0 Å². The van der Waals surface area contributed by atoms with E-state index in [2.05, 4.69) is 15.1 Å². The Hall–Kier alpha value is -2.19. The fraction of sp³-hybridized carbons (Fsp3) is 0.533. The van der Waals surface area contributed by atoms with E-state index in [1.165, 1.54) is 6.07 Å². The zero-order valence-corrected chi connectivity index (χ0v) is 13.4. The number of aromatic amines is 1. The third-order valence-electron chi connectivity index (χ3n) is 3.94. The van der Waals surface area contributed by atoms with Gasteiger partial charge in [-0.1, -0.05) is 0 Å². The Kier molecular flexibility index (Phi) is 3.95. The maximum atomic E-state index is 11.1. The Morgan fingerprint density at radius 1 is 1.57 bits per heavy atom. The highest BCUT2D eigenvalue weighted by molar-refractivity contribution is 5.97. The average Bonchev–Trinajstić information content (AvgIpc) is 2.93. The van der Waals surface area contributed by atoms with Crippen LogP contribution in [-0.2, 0) is 9.47 Å². The third kappa shape index (κ3) is 2.99. The fourth-order valence-corrected chi connectivity index (χ4v) is 3.19. The van der Waals surface area contributed by atoms with Crippen LogP contribution in [0.3, 0.4) is 0 Å². The molecule has 0 spiro atoms. The first-order chi connectivity index (χ1) is 10.9. The van der Waals surface area contributed by atoms with Crippen molar-refractivity contribution in [1.82, 2.24) is 10.2 Å². The summed E-state index contributed by atoms with van der Waals surface area (Å²) in [5.74, 6) is 0. The Morgan fingerprint density at radius 2 is 2.35 bits per heavy atom. The summed E-state index contributed by atoms with van der Waals surface area (Å²) in [5, 5.41) is 18.6. The topological polar surface area (TPSA) is 93.5 Å². The van der Waals surface area contributed by atoms with Gasteiger partial charge < -0.3 is 14.4 Å². The Labute approximate surface area is 133 Å². The van der Waals surface area contributed by atoms with Crippen LogP contribution in [0.15, 0.2) is 18.3 Å². The summed E-state index contributed by atoms with van der Waals surface area (Å²) in [7, 11) is 1.65. The number of morpholine rings is 1. The van der Waals surface area contributed by atoms with Gasteiger partial charge in [-0.25, -0.2) is 0 Å². The van der Waals surface area contributed by atoms with E-state index in [0.29, 0.717) is 25.2 Å². The molecule has 0 amide bonds. The zero-order chi connectivity index (χ0) is 16.6. The van der Waals surface area contributed by atoms with Gasteiger partial charge in [0.25, 0.3) is 5.69 Å². The highest BCUT2D eigenvalue weighted by atomic mass is 16.6. The summed E-state index contributed by atoms with van der Waals surface area (Å²) in [6, 6.07) is 3.30. The molecule has 0 radical (unpaired) electrons. The number of aromatic nitrogens is 2. The molecule has 0 unspecified atom stereocenters. The second kappa shape index (κ2) is 5.78. The van der Waals surface area contributed by atoms with Crippen molar-refractivity contribution >= 4 is 22.3 Å². The average molecular weight is 320 g/mol. The highest BCUT2D eigenvalue weighted by Gasteiger charge is 2.34. The van der Waals surface area contributed by atoms with E-state index in [0.717, 1.165) is 11.1 Å². The highest BCUT2D eigenvalue weighted by Crippen LogP contribution is 2.35. The summed E-state index contributed by atoms with van der Waals surface area (Å²) in [6.07, 6.45) is 1.58. The van der Waals surface area contributed by atoms with E-state index in [4.69, 9.17) is 9.47 Å². The van der Waals surface area contributed by atoms with Crippen LogP contribution >= 0.6 is 0 Å². The molecule has 8 nitrogen and oxygen atoms in total. The molecule has 1 fully saturated rings. The van der Waals surface area contributed by atoms with Crippen LogP contribution in [0, 0.1) is 10.1 Å².